The molecule has 6 nitrogen and oxygen atoms in total. The van der Waals surface area contributed by atoms with Crippen LogP contribution in [0.4, 0.5) is 11.4 Å². The lowest BCUT2D eigenvalue weighted by molar-refractivity contribution is 0.601. The van der Waals surface area contributed by atoms with Gasteiger partial charge in [0.25, 0.3) is 10.0 Å². The third-order valence-corrected chi connectivity index (χ3v) is 5.07. The molecule has 0 aliphatic carbocycles. The summed E-state index contributed by atoms with van der Waals surface area (Å²) in [5, 5.41) is 0. The maximum Gasteiger partial charge on any atom is 0.261 e. The van der Waals surface area contributed by atoms with E-state index >= 15 is 0 Å². The highest BCUT2D eigenvalue weighted by Crippen LogP contribution is 2.21. The molecule has 0 fully saturated rings. The Hall–Kier alpha value is -1.58. The van der Waals surface area contributed by atoms with Gasteiger partial charge in [0.2, 0.25) is 10.0 Å². The highest BCUT2D eigenvalue weighted by molar-refractivity contribution is 9.10. The van der Waals surface area contributed by atoms with Crippen LogP contribution in [-0.2, 0) is 20.0 Å². The number of sulfonamides is 2. The monoisotopic (exact) mass is 404 g/mol. The maximum atomic E-state index is 12.2. The Bertz CT molecular complexity index is 879. The summed E-state index contributed by atoms with van der Waals surface area (Å²) in [5.41, 5.74) is 0.537. The fourth-order valence-electron chi connectivity index (χ4n) is 1.69. The molecule has 0 saturated carbocycles. The molecule has 2 aromatic carbocycles. The van der Waals surface area contributed by atoms with Crippen LogP contribution in [0.1, 0.15) is 0 Å². The molecule has 0 radical (unpaired) electrons. The molecule has 2 aromatic rings. The van der Waals surface area contributed by atoms with Gasteiger partial charge in [0, 0.05) is 4.47 Å². The molecule has 0 aliphatic rings. The van der Waals surface area contributed by atoms with Crippen LogP contribution >= 0.6 is 15.9 Å². The second kappa shape index (κ2) is 6.27. The van der Waals surface area contributed by atoms with Crippen LogP contribution in [0.15, 0.2) is 57.9 Å². The van der Waals surface area contributed by atoms with Crippen molar-refractivity contribution in [2.75, 3.05) is 15.7 Å². The lowest BCUT2D eigenvalue weighted by atomic mass is 10.3. The number of benzene rings is 2. The first-order chi connectivity index (χ1) is 10.2. The van der Waals surface area contributed by atoms with Crippen molar-refractivity contribution in [2.45, 2.75) is 4.90 Å². The minimum atomic E-state index is -3.74. The zero-order chi connectivity index (χ0) is 16.4. The lowest BCUT2D eigenvalue weighted by Crippen LogP contribution is -2.13. The van der Waals surface area contributed by atoms with Crippen LogP contribution in [0, 0.1) is 0 Å². The molecule has 0 aliphatic heterocycles. The molecule has 0 bridgehead atoms. The Kier molecular flexibility index (Phi) is 4.78. The number of anilines is 2. The Morgan fingerprint density at radius 1 is 0.864 bits per heavy atom. The van der Waals surface area contributed by atoms with Crippen LogP contribution in [-0.4, -0.2) is 23.1 Å². The fourth-order valence-corrected chi connectivity index (χ4v) is 3.56. The molecule has 0 aromatic heterocycles. The van der Waals surface area contributed by atoms with Gasteiger partial charge in [-0.1, -0.05) is 22.0 Å². The van der Waals surface area contributed by atoms with E-state index < -0.39 is 20.0 Å². The first-order valence-electron chi connectivity index (χ1n) is 6.02. The summed E-state index contributed by atoms with van der Waals surface area (Å²) >= 11 is 3.24. The number of hydrogen-bond acceptors (Lipinski definition) is 4. The number of halogens is 1. The average Bonchev–Trinajstić information content (AvgIpc) is 2.37. The minimum absolute atomic E-state index is 0.108. The Morgan fingerprint density at radius 3 is 1.95 bits per heavy atom. The molecule has 22 heavy (non-hydrogen) atoms. The van der Waals surface area contributed by atoms with Crippen molar-refractivity contribution in [3.8, 4) is 0 Å². The molecular weight excluding hydrogens is 392 g/mol. The van der Waals surface area contributed by atoms with E-state index in [0.29, 0.717) is 0 Å². The van der Waals surface area contributed by atoms with E-state index in [9.17, 15) is 16.8 Å². The Labute approximate surface area is 137 Å². The zero-order valence-electron chi connectivity index (χ0n) is 11.4. The van der Waals surface area contributed by atoms with Gasteiger partial charge in [-0.15, -0.1) is 0 Å². The molecule has 0 saturated heterocycles. The van der Waals surface area contributed by atoms with E-state index in [1.807, 2.05) is 0 Å². The van der Waals surface area contributed by atoms with Crippen LogP contribution in [0.2, 0.25) is 0 Å². The molecule has 0 heterocycles. The largest absolute Gasteiger partial charge is 0.284 e. The molecule has 0 spiro atoms. The number of nitrogens with one attached hydrogen (secondary N) is 2. The second-order valence-electron chi connectivity index (χ2n) is 4.51. The Morgan fingerprint density at radius 2 is 1.41 bits per heavy atom. The second-order valence-corrected chi connectivity index (χ2v) is 8.86. The molecule has 2 N–H and O–H groups in total. The molecule has 118 valence electrons. The van der Waals surface area contributed by atoms with Crippen LogP contribution < -0.4 is 9.44 Å². The van der Waals surface area contributed by atoms with E-state index in [1.54, 1.807) is 18.2 Å². The number of rotatable bonds is 5. The predicted molar refractivity (Wildman–Crippen MR) is 89.9 cm³/mol. The van der Waals surface area contributed by atoms with Gasteiger partial charge in [0.1, 0.15) is 0 Å². The minimum Gasteiger partial charge on any atom is -0.284 e. The average molecular weight is 405 g/mol. The number of hydrogen-bond donors (Lipinski definition) is 2. The summed E-state index contributed by atoms with van der Waals surface area (Å²) < 4.78 is 52.3. The normalized spacial score (nSPS) is 11.9. The van der Waals surface area contributed by atoms with Crippen molar-refractivity contribution in [3.05, 3.63) is 53.0 Å². The van der Waals surface area contributed by atoms with Crippen molar-refractivity contribution in [3.63, 3.8) is 0 Å². The highest BCUT2D eigenvalue weighted by atomic mass is 79.9. The third-order valence-electron chi connectivity index (χ3n) is 2.54. The first-order valence-corrected chi connectivity index (χ1v) is 10.2. The van der Waals surface area contributed by atoms with Gasteiger partial charge in [0.05, 0.1) is 22.5 Å². The zero-order valence-corrected chi connectivity index (χ0v) is 14.7. The van der Waals surface area contributed by atoms with Crippen LogP contribution in [0.5, 0.6) is 0 Å². The maximum absolute atomic E-state index is 12.2. The van der Waals surface area contributed by atoms with Crippen LogP contribution in [0.25, 0.3) is 0 Å². The van der Waals surface area contributed by atoms with Crippen molar-refractivity contribution in [1.29, 1.82) is 0 Å². The molecular formula is C13H13BrN2O4S2. The van der Waals surface area contributed by atoms with Crippen molar-refractivity contribution >= 4 is 47.4 Å². The van der Waals surface area contributed by atoms with Gasteiger partial charge in [0.15, 0.2) is 0 Å². The van der Waals surface area contributed by atoms with Crippen molar-refractivity contribution in [2.24, 2.45) is 0 Å². The summed E-state index contributed by atoms with van der Waals surface area (Å²) in [6, 6.07) is 12.2. The fraction of sp³-hybridized carbons (Fsp3) is 0.0769. The van der Waals surface area contributed by atoms with E-state index in [1.165, 1.54) is 30.3 Å². The van der Waals surface area contributed by atoms with Crippen molar-refractivity contribution < 1.29 is 16.8 Å². The molecule has 0 atom stereocenters. The third kappa shape index (κ3) is 4.72. The molecule has 0 unspecified atom stereocenters. The quantitative estimate of drug-likeness (QED) is 0.800. The SMILES string of the molecule is CS(=O)(=O)Nc1cccc(NS(=O)(=O)c2ccc(Br)cc2)c1. The molecule has 2 rings (SSSR count). The van der Waals surface area contributed by atoms with E-state index in [2.05, 4.69) is 25.4 Å². The van der Waals surface area contributed by atoms with Crippen LogP contribution in [0.3, 0.4) is 0 Å². The summed E-state index contributed by atoms with van der Waals surface area (Å²) in [6.07, 6.45) is 1.02. The van der Waals surface area contributed by atoms with E-state index in [0.717, 1.165) is 10.7 Å². The molecule has 9 heteroatoms. The summed E-state index contributed by atoms with van der Waals surface area (Å²) in [4.78, 5) is 0.108. The van der Waals surface area contributed by atoms with Gasteiger partial charge < -0.3 is 0 Å². The summed E-state index contributed by atoms with van der Waals surface area (Å²) in [7, 11) is -7.17. The van der Waals surface area contributed by atoms with Gasteiger partial charge in [-0.3, -0.25) is 9.44 Å². The molecule has 0 amide bonds. The van der Waals surface area contributed by atoms with E-state index in [-0.39, 0.29) is 16.3 Å². The lowest BCUT2D eigenvalue weighted by Gasteiger charge is -2.10. The van der Waals surface area contributed by atoms with E-state index in [4.69, 9.17) is 0 Å². The van der Waals surface area contributed by atoms with Gasteiger partial charge in [-0.2, -0.15) is 0 Å². The predicted octanol–water partition coefficient (Wildman–Crippen LogP) is 2.62. The first kappa shape index (κ1) is 16.8. The van der Waals surface area contributed by atoms with Gasteiger partial charge in [-0.25, -0.2) is 16.8 Å². The van der Waals surface area contributed by atoms with Gasteiger partial charge >= 0.3 is 0 Å². The van der Waals surface area contributed by atoms with Gasteiger partial charge in [-0.05, 0) is 42.5 Å². The summed E-state index contributed by atoms with van der Waals surface area (Å²) in [6.45, 7) is 0. The summed E-state index contributed by atoms with van der Waals surface area (Å²) in [5.74, 6) is 0. The standard InChI is InChI=1S/C13H13BrN2O4S2/c1-21(17,18)15-11-3-2-4-12(9-11)16-22(19,20)13-7-5-10(14)6-8-13/h2-9,15-16H,1H3. The van der Waals surface area contributed by atoms with Crippen molar-refractivity contribution in [1.82, 2.24) is 0 Å². The topological polar surface area (TPSA) is 92.3 Å². The highest BCUT2D eigenvalue weighted by Gasteiger charge is 2.14. The smallest absolute Gasteiger partial charge is 0.261 e. The Balaban J connectivity index is 2.26.